The molecule has 6 aromatic rings. The lowest BCUT2D eigenvalue weighted by atomic mass is 10.2. The van der Waals surface area contributed by atoms with Crippen molar-refractivity contribution < 1.29 is 9.15 Å². The highest BCUT2D eigenvalue weighted by Crippen LogP contribution is 2.35. The number of halogens is 3. The molecule has 39 heavy (non-hydrogen) atoms. The van der Waals surface area contributed by atoms with E-state index in [-0.39, 0.29) is 11.4 Å². The van der Waals surface area contributed by atoms with E-state index in [1.165, 1.54) is 4.68 Å². The molecule has 0 saturated carbocycles. The normalized spacial score (nSPS) is 11.6. The van der Waals surface area contributed by atoms with E-state index in [0.29, 0.717) is 49.7 Å². The third-order valence-electron chi connectivity index (χ3n) is 6.02. The fourth-order valence-corrected chi connectivity index (χ4v) is 5.53. The molecular formula is C30H18Br2ClN3O3. The van der Waals surface area contributed by atoms with E-state index in [1.54, 1.807) is 30.5 Å². The standard InChI is InChI=1S/C30H18Br2ClN3O3/c31-21-10-11-26-20(14-21)15-27(39-26)29-35-25-9-5-4-8-22(25)30(37)36(29)34-16-19-12-23(32)28(24(33)13-19)38-17-18-6-2-1-3-7-18/h1-16H,17H2. The van der Waals surface area contributed by atoms with Crippen molar-refractivity contribution in [3.05, 3.63) is 126 Å². The summed E-state index contributed by atoms with van der Waals surface area (Å²) in [7, 11) is 0. The summed E-state index contributed by atoms with van der Waals surface area (Å²) in [6.07, 6.45) is 1.55. The number of fused-ring (bicyclic) bond motifs is 2. The quantitative estimate of drug-likeness (QED) is 0.168. The summed E-state index contributed by atoms with van der Waals surface area (Å²) in [5, 5.41) is 6.25. The zero-order valence-corrected chi connectivity index (χ0v) is 24.1. The van der Waals surface area contributed by atoms with Crippen molar-refractivity contribution in [2.45, 2.75) is 6.61 Å². The van der Waals surface area contributed by atoms with Gasteiger partial charge in [-0.3, -0.25) is 4.79 Å². The van der Waals surface area contributed by atoms with Crippen LogP contribution in [-0.2, 0) is 6.61 Å². The second kappa shape index (κ2) is 10.8. The van der Waals surface area contributed by atoms with Crippen molar-refractivity contribution in [1.82, 2.24) is 9.66 Å². The zero-order chi connectivity index (χ0) is 26.9. The molecule has 0 fully saturated rings. The lowest BCUT2D eigenvalue weighted by Crippen LogP contribution is -2.20. The molecule has 0 atom stereocenters. The average Bonchev–Trinajstić information content (AvgIpc) is 3.36. The van der Waals surface area contributed by atoms with Crippen LogP contribution in [0.1, 0.15) is 11.1 Å². The van der Waals surface area contributed by atoms with E-state index < -0.39 is 0 Å². The van der Waals surface area contributed by atoms with E-state index in [9.17, 15) is 4.79 Å². The topological polar surface area (TPSA) is 69.6 Å². The Kier molecular flexibility index (Phi) is 7.08. The van der Waals surface area contributed by atoms with E-state index in [1.807, 2.05) is 66.7 Å². The maximum Gasteiger partial charge on any atom is 0.282 e. The second-order valence-corrected chi connectivity index (χ2v) is 10.9. The first-order valence-corrected chi connectivity index (χ1v) is 13.8. The molecule has 0 radical (unpaired) electrons. The van der Waals surface area contributed by atoms with Crippen molar-refractivity contribution in [3.8, 4) is 17.3 Å². The summed E-state index contributed by atoms with van der Waals surface area (Å²) < 4.78 is 14.8. The number of furan rings is 1. The van der Waals surface area contributed by atoms with Crippen LogP contribution in [0.25, 0.3) is 33.5 Å². The first kappa shape index (κ1) is 25.6. The molecule has 0 spiro atoms. The molecule has 6 rings (SSSR count). The smallest absolute Gasteiger partial charge is 0.282 e. The molecule has 0 amide bonds. The molecule has 0 aliphatic carbocycles. The van der Waals surface area contributed by atoms with Crippen molar-refractivity contribution in [1.29, 1.82) is 0 Å². The average molecular weight is 664 g/mol. The highest BCUT2D eigenvalue weighted by Gasteiger charge is 2.17. The molecule has 6 nitrogen and oxygen atoms in total. The Balaban J connectivity index is 1.39. The molecule has 192 valence electrons. The fourth-order valence-electron chi connectivity index (χ4n) is 4.16. The number of nitrogens with zero attached hydrogens (tertiary/aromatic N) is 3. The molecule has 0 N–H and O–H groups in total. The van der Waals surface area contributed by atoms with E-state index in [2.05, 4.69) is 37.0 Å². The van der Waals surface area contributed by atoms with Crippen LogP contribution in [0, 0.1) is 0 Å². The van der Waals surface area contributed by atoms with Gasteiger partial charge in [0.25, 0.3) is 5.56 Å². The van der Waals surface area contributed by atoms with Gasteiger partial charge in [-0.2, -0.15) is 9.78 Å². The number of hydrogen-bond donors (Lipinski definition) is 0. The summed E-state index contributed by atoms with van der Waals surface area (Å²) in [5.41, 5.74) is 2.60. The highest BCUT2D eigenvalue weighted by atomic mass is 79.9. The Hall–Kier alpha value is -3.72. The lowest BCUT2D eigenvalue weighted by Gasteiger charge is -2.11. The maximum absolute atomic E-state index is 13.5. The van der Waals surface area contributed by atoms with Crippen molar-refractivity contribution >= 4 is 71.5 Å². The Morgan fingerprint density at radius 2 is 1.77 bits per heavy atom. The molecule has 0 bridgehead atoms. The predicted molar refractivity (Wildman–Crippen MR) is 162 cm³/mol. The maximum atomic E-state index is 13.5. The number of hydrogen-bond acceptors (Lipinski definition) is 5. The highest BCUT2D eigenvalue weighted by molar-refractivity contribution is 9.10. The van der Waals surface area contributed by atoms with Gasteiger partial charge in [0.2, 0.25) is 5.82 Å². The van der Waals surface area contributed by atoms with E-state index in [4.69, 9.17) is 25.7 Å². The first-order valence-electron chi connectivity index (χ1n) is 11.9. The molecule has 0 aliphatic rings. The Labute approximate surface area is 244 Å². The summed E-state index contributed by atoms with van der Waals surface area (Å²) >= 11 is 13.6. The fraction of sp³-hybridized carbons (Fsp3) is 0.0333. The van der Waals surface area contributed by atoms with Crippen LogP contribution < -0.4 is 10.3 Å². The van der Waals surface area contributed by atoms with Crippen LogP contribution >= 0.6 is 43.5 Å². The number of aromatic nitrogens is 2. The predicted octanol–water partition coefficient (Wildman–Crippen LogP) is 8.45. The van der Waals surface area contributed by atoms with Crippen LogP contribution in [0.4, 0.5) is 0 Å². The summed E-state index contributed by atoms with van der Waals surface area (Å²) in [6, 6.07) is 28.1. The molecule has 4 aromatic carbocycles. The summed E-state index contributed by atoms with van der Waals surface area (Å²) in [6.45, 7) is 0.377. The van der Waals surface area contributed by atoms with Crippen molar-refractivity contribution in [2.75, 3.05) is 0 Å². The minimum atomic E-state index is -0.318. The summed E-state index contributed by atoms with van der Waals surface area (Å²) in [4.78, 5) is 18.3. The zero-order valence-electron chi connectivity index (χ0n) is 20.1. The van der Waals surface area contributed by atoms with Gasteiger partial charge in [0.1, 0.15) is 12.2 Å². The van der Waals surface area contributed by atoms with Crippen LogP contribution in [0.3, 0.4) is 0 Å². The second-order valence-electron chi connectivity index (χ2n) is 8.69. The lowest BCUT2D eigenvalue weighted by molar-refractivity contribution is 0.304. The van der Waals surface area contributed by atoms with Gasteiger partial charge >= 0.3 is 0 Å². The molecular weight excluding hydrogens is 646 g/mol. The van der Waals surface area contributed by atoms with Crippen LogP contribution in [0.5, 0.6) is 5.75 Å². The van der Waals surface area contributed by atoms with Gasteiger partial charge < -0.3 is 9.15 Å². The van der Waals surface area contributed by atoms with Gasteiger partial charge in [-0.25, -0.2) is 4.98 Å². The third kappa shape index (κ3) is 5.28. The Morgan fingerprint density at radius 3 is 2.59 bits per heavy atom. The number of rotatable bonds is 6. The molecule has 0 saturated heterocycles. The number of ether oxygens (including phenoxy) is 1. The SMILES string of the molecule is O=c1c2ccccc2nc(-c2cc3cc(Br)ccc3o2)n1N=Cc1cc(Cl)c(OCc2ccccc2)c(Br)c1. The largest absolute Gasteiger partial charge is 0.486 e. The van der Waals surface area contributed by atoms with Crippen molar-refractivity contribution in [3.63, 3.8) is 0 Å². The Bertz CT molecular complexity index is 1910. The van der Waals surface area contributed by atoms with Crippen LogP contribution in [0.15, 0.2) is 114 Å². The van der Waals surface area contributed by atoms with Gasteiger partial charge in [0.05, 0.1) is 26.6 Å². The van der Waals surface area contributed by atoms with Crippen LogP contribution in [-0.4, -0.2) is 15.9 Å². The van der Waals surface area contributed by atoms with Gasteiger partial charge in [-0.15, -0.1) is 0 Å². The monoisotopic (exact) mass is 661 g/mol. The van der Waals surface area contributed by atoms with Gasteiger partial charge in [-0.05, 0) is 75.6 Å². The first-order chi connectivity index (χ1) is 19.0. The van der Waals surface area contributed by atoms with Crippen molar-refractivity contribution in [2.24, 2.45) is 5.10 Å². The van der Waals surface area contributed by atoms with Gasteiger partial charge in [0.15, 0.2) is 11.5 Å². The van der Waals surface area contributed by atoms with Crippen LogP contribution in [0.2, 0.25) is 5.02 Å². The third-order valence-corrected chi connectivity index (χ3v) is 7.38. The van der Waals surface area contributed by atoms with Gasteiger partial charge in [0, 0.05) is 9.86 Å². The minimum absolute atomic E-state index is 0.287. The minimum Gasteiger partial charge on any atom is -0.486 e. The number of para-hydroxylation sites is 1. The Morgan fingerprint density at radius 1 is 0.974 bits per heavy atom. The molecule has 9 heteroatoms. The van der Waals surface area contributed by atoms with E-state index >= 15 is 0 Å². The molecule has 2 aromatic heterocycles. The summed E-state index contributed by atoms with van der Waals surface area (Å²) in [5.74, 6) is 1.23. The van der Waals surface area contributed by atoms with Gasteiger partial charge in [-0.1, -0.05) is 70.0 Å². The molecule has 0 unspecified atom stereocenters. The number of benzene rings is 4. The molecule has 2 heterocycles. The molecule has 0 aliphatic heterocycles. The van der Waals surface area contributed by atoms with E-state index in [0.717, 1.165) is 15.4 Å².